The summed E-state index contributed by atoms with van der Waals surface area (Å²) < 4.78 is 19.1. The highest BCUT2D eigenvalue weighted by Gasteiger charge is 2.22. The Bertz CT molecular complexity index is 408. The second kappa shape index (κ2) is 4.88. The zero-order valence-electron chi connectivity index (χ0n) is 8.45. The predicted molar refractivity (Wildman–Crippen MR) is 58.6 cm³/mol. The van der Waals surface area contributed by atoms with Crippen LogP contribution < -0.4 is 0 Å². The lowest BCUT2D eigenvalue weighted by molar-refractivity contribution is 0.0299. The summed E-state index contributed by atoms with van der Waals surface area (Å²) in [7, 11) is 0. The van der Waals surface area contributed by atoms with E-state index in [-0.39, 0.29) is 11.5 Å². The first-order valence-corrected chi connectivity index (χ1v) is 5.66. The Morgan fingerprint density at radius 2 is 2.19 bits per heavy atom. The number of hydrogen-bond acceptors (Lipinski definition) is 3. The van der Waals surface area contributed by atoms with E-state index in [0.29, 0.717) is 30.8 Å². The Kier molecular flexibility index (Phi) is 3.50. The largest absolute Gasteiger partial charge is 0.378 e. The van der Waals surface area contributed by atoms with Crippen LogP contribution >= 0.6 is 15.9 Å². The summed E-state index contributed by atoms with van der Waals surface area (Å²) in [6.07, 6.45) is 1.32. The van der Waals surface area contributed by atoms with E-state index in [1.807, 2.05) is 0 Å². The van der Waals surface area contributed by atoms with Gasteiger partial charge in [0.1, 0.15) is 0 Å². The van der Waals surface area contributed by atoms with E-state index in [0.717, 1.165) is 0 Å². The van der Waals surface area contributed by atoms with Crippen molar-refractivity contribution in [1.82, 2.24) is 9.88 Å². The minimum atomic E-state index is -0.736. The van der Waals surface area contributed by atoms with Crippen molar-refractivity contribution < 1.29 is 13.9 Å². The van der Waals surface area contributed by atoms with Crippen LogP contribution in [0, 0.1) is 5.95 Å². The highest BCUT2D eigenvalue weighted by Crippen LogP contribution is 2.15. The van der Waals surface area contributed by atoms with Crippen LogP contribution in [0.4, 0.5) is 4.39 Å². The lowest BCUT2D eigenvalue weighted by Gasteiger charge is -2.26. The lowest BCUT2D eigenvalue weighted by atomic mass is 10.2. The summed E-state index contributed by atoms with van der Waals surface area (Å²) in [5.74, 6) is -1.07. The second-order valence-corrected chi connectivity index (χ2v) is 4.31. The molecule has 0 bridgehead atoms. The maximum absolute atomic E-state index is 13.4. The minimum absolute atomic E-state index is 0.00345. The van der Waals surface area contributed by atoms with E-state index < -0.39 is 5.95 Å². The van der Waals surface area contributed by atoms with Gasteiger partial charge in [0.05, 0.1) is 18.8 Å². The average Bonchev–Trinajstić information content (AvgIpc) is 2.32. The van der Waals surface area contributed by atoms with Crippen molar-refractivity contribution in [3.05, 3.63) is 28.2 Å². The van der Waals surface area contributed by atoms with Gasteiger partial charge < -0.3 is 9.64 Å². The van der Waals surface area contributed by atoms with Gasteiger partial charge in [0.15, 0.2) is 0 Å². The van der Waals surface area contributed by atoms with E-state index in [2.05, 4.69) is 20.9 Å². The fourth-order valence-electron chi connectivity index (χ4n) is 1.51. The smallest absolute Gasteiger partial charge is 0.258 e. The number of rotatable bonds is 1. The Morgan fingerprint density at radius 3 is 2.88 bits per heavy atom. The molecule has 1 aromatic rings. The molecular weight excluding hydrogens is 279 g/mol. The van der Waals surface area contributed by atoms with Crippen LogP contribution in [0.5, 0.6) is 0 Å². The number of amides is 1. The molecule has 0 aromatic carbocycles. The quantitative estimate of drug-likeness (QED) is 0.735. The van der Waals surface area contributed by atoms with Crippen LogP contribution in [0.2, 0.25) is 0 Å². The zero-order chi connectivity index (χ0) is 11.5. The molecule has 1 aliphatic rings. The highest BCUT2D eigenvalue weighted by molar-refractivity contribution is 9.10. The molecule has 6 heteroatoms. The molecule has 4 nitrogen and oxygen atoms in total. The van der Waals surface area contributed by atoms with Gasteiger partial charge in [-0.1, -0.05) is 0 Å². The number of ether oxygens (including phenoxy) is 1. The minimum Gasteiger partial charge on any atom is -0.378 e. The van der Waals surface area contributed by atoms with E-state index >= 15 is 0 Å². The number of carbonyl (C=O) groups excluding carboxylic acids is 1. The van der Waals surface area contributed by atoms with Gasteiger partial charge in [-0.3, -0.25) is 4.79 Å². The van der Waals surface area contributed by atoms with E-state index in [1.165, 1.54) is 12.3 Å². The number of morpholine rings is 1. The van der Waals surface area contributed by atoms with Crippen molar-refractivity contribution >= 4 is 21.8 Å². The number of aromatic nitrogens is 1. The van der Waals surface area contributed by atoms with Crippen LogP contribution in [-0.2, 0) is 4.74 Å². The molecule has 1 aromatic heterocycles. The van der Waals surface area contributed by atoms with Gasteiger partial charge in [-0.2, -0.15) is 4.39 Å². The average molecular weight is 289 g/mol. The number of halogens is 2. The van der Waals surface area contributed by atoms with E-state index in [1.54, 1.807) is 4.90 Å². The van der Waals surface area contributed by atoms with Crippen LogP contribution in [0.25, 0.3) is 0 Å². The Hall–Kier alpha value is -1.01. The molecule has 2 heterocycles. The topological polar surface area (TPSA) is 42.4 Å². The monoisotopic (exact) mass is 288 g/mol. The molecule has 86 valence electrons. The first kappa shape index (κ1) is 11.5. The molecule has 0 atom stereocenters. The third kappa shape index (κ3) is 2.38. The van der Waals surface area contributed by atoms with Gasteiger partial charge in [-0.15, -0.1) is 0 Å². The van der Waals surface area contributed by atoms with Crippen molar-refractivity contribution in [3.8, 4) is 0 Å². The molecule has 0 aliphatic carbocycles. The lowest BCUT2D eigenvalue weighted by Crippen LogP contribution is -2.41. The van der Waals surface area contributed by atoms with Gasteiger partial charge in [0, 0.05) is 23.8 Å². The maximum atomic E-state index is 13.4. The molecule has 0 unspecified atom stereocenters. The summed E-state index contributed by atoms with van der Waals surface area (Å²) in [6.45, 7) is 1.97. The van der Waals surface area contributed by atoms with Crippen molar-refractivity contribution in [2.75, 3.05) is 26.3 Å². The molecular formula is C10H10BrFN2O2. The van der Waals surface area contributed by atoms with Gasteiger partial charge in [-0.25, -0.2) is 4.98 Å². The van der Waals surface area contributed by atoms with E-state index in [4.69, 9.17) is 4.74 Å². The standard InChI is InChI=1S/C10H10BrFN2O2/c11-7-5-8(9(12)13-6-7)10(15)14-1-3-16-4-2-14/h5-6H,1-4H2. The van der Waals surface area contributed by atoms with Gasteiger partial charge in [0.25, 0.3) is 5.91 Å². The molecule has 2 rings (SSSR count). The molecule has 0 saturated carbocycles. The van der Waals surface area contributed by atoms with Crippen LogP contribution in [0.1, 0.15) is 10.4 Å². The SMILES string of the molecule is O=C(c1cc(Br)cnc1F)N1CCOCC1. The summed E-state index contributed by atoms with van der Waals surface area (Å²) in [5.41, 5.74) is -0.00345. The normalized spacial score (nSPS) is 16.2. The highest BCUT2D eigenvalue weighted by atomic mass is 79.9. The van der Waals surface area contributed by atoms with Gasteiger partial charge >= 0.3 is 0 Å². The fourth-order valence-corrected chi connectivity index (χ4v) is 1.84. The van der Waals surface area contributed by atoms with Crippen LogP contribution in [0.3, 0.4) is 0 Å². The van der Waals surface area contributed by atoms with Crippen LogP contribution in [0.15, 0.2) is 16.7 Å². The molecule has 1 fully saturated rings. The molecule has 16 heavy (non-hydrogen) atoms. The second-order valence-electron chi connectivity index (χ2n) is 3.40. The molecule has 0 radical (unpaired) electrons. The fraction of sp³-hybridized carbons (Fsp3) is 0.400. The Balaban J connectivity index is 2.22. The number of carbonyl (C=O) groups is 1. The number of pyridine rings is 1. The summed E-state index contributed by atoms with van der Waals surface area (Å²) in [6, 6.07) is 1.44. The number of nitrogens with zero attached hydrogens (tertiary/aromatic N) is 2. The van der Waals surface area contributed by atoms with E-state index in [9.17, 15) is 9.18 Å². The molecule has 1 saturated heterocycles. The molecule has 1 amide bonds. The molecule has 1 aliphatic heterocycles. The van der Waals surface area contributed by atoms with Crippen molar-refractivity contribution in [2.45, 2.75) is 0 Å². The van der Waals surface area contributed by atoms with Crippen LogP contribution in [-0.4, -0.2) is 42.1 Å². The van der Waals surface area contributed by atoms with Gasteiger partial charge in [-0.05, 0) is 22.0 Å². The van der Waals surface area contributed by atoms with Gasteiger partial charge in [0.2, 0.25) is 5.95 Å². The Labute approximate surface area is 101 Å². The molecule has 0 spiro atoms. The van der Waals surface area contributed by atoms with Crippen molar-refractivity contribution in [3.63, 3.8) is 0 Å². The zero-order valence-corrected chi connectivity index (χ0v) is 10.0. The third-order valence-electron chi connectivity index (χ3n) is 2.33. The summed E-state index contributed by atoms with van der Waals surface area (Å²) in [4.78, 5) is 17.0. The maximum Gasteiger partial charge on any atom is 0.258 e. The van der Waals surface area contributed by atoms with Crippen molar-refractivity contribution in [1.29, 1.82) is 0 Å². The Morgan fingerprint density at radius 1 is 1.50 bits per heavy atom. The predicted octanol–water partition coefficient (Wildman–Crippen LogP) is 1.46. The molecule has 0 N–H and O–H groups in total. The number of hydrogen-bond donors (Lipinski definition) is 0. The summed E-state index contributed by atoms with van der Waals surface area (Å²) in [5, 5.41) is 0. The van der Waals surface area contributed by atoms with Crippen molar-refractivity contribution in [2.24, 2.45) is 0 Å². The first-order chi connectivity index (χ1) is 7.68. The third-order valence-corrected chi connectivity index (χ3v) is 2.77. The first-order valence-electron chi connectivity index (χ1n) is 4.86. The summed E-state index contributed by atoms with van der Waals surface area (Å²) >= 11 is 3.16.